The summed E-state index contributed by atoms with van der Waals surface area (Å²) < 4.78 is 3.82. The maximum atomic E-state index is 9.41. The van der Waals surface area contributed by atoms with Crippen molar-refractivity contribution < 1.29 is 0 Å². The Morgan fingerprint density at radius 2 is 2.26 bits per heavy atom. The highest BCUT2D eigenvalue weighted by Crippen LogP contribution is 2.33. The molecule has 1 aliphatic heterocycles. The molecule has 0 amide bonds. The summed E-state index contributed by atoms with van der Waals surface area (Å²) in [5.74, 6) is 8.72. The molecule has 3 aromatic heterocycles. The average molecular weight is 430 g/mol. The van der Waals surface area contributed by atoms with Gasteiger partial charge >= 0.3 is 0 Å². The average Bonchev–Trinajstić information content (AvgIpc) is 3.42. The van der Waals surface area contributed by atoms with Crippen molar-refractivity contribution >= 4 is 26.0 Å². The van der Waals surface area contributed by atoms with E-state index < -0.39 is 0 Å². The molecule has 0 radical (unpaired) electrons. The van der Waals surface area contributed by atoms with E-state index in [1.807, 2.05) is 40.3 Å². The summed E-state index contributed by atoms with van der Waals surface area (Å²) in [6.07, 6.45) is 9.06. The Labute approximate surface area is 182 Å². The Bertz CT molecular complexity index is 1240. The number of fused-ring (bicyclic) bond motifs is 1. The number of likely N-dealkylation sites (tertiary alicyclic amines) is 1. The topological polar surface area (TPSA) is 98.9 Å². The minimum Gasteiger partial charge on any atom is -0.308 e. The minimum atomic E-state index is -0.350. The van der Waals surface area contributed by atoms with Gasteiger partial charge in [-0.05, 0) is 13.6 Å². The van der Waals surface area contributed by atoms with E-state index in [1.54, 1.807) is 12.4 Å². The normalized spacial score (nSPS) is 16.1. The fourth-order valence-electron chi connectivity index (χ4n) is 3.89. The summed E-state index contributed by atoms with van der Waals surface area (Å²) in [7, 11) is 0.577. The van der Waals surface area contributed by atoms with Gasteiger partial charge in [-0.15, -0.1) is 14.5 Å². The Balaban J connectivity index is 1.72. The van der Waals surface area contributed by atoms with Gasteiger partial charge in [-0.2, -0.15) is 10.4 Å². The molecule has 1 saturated heterocycles. The molecule has 156 valence electrons. The van der Waals surface area contributed by atoms with Crippen molar-refractivity contribution in [2.75, 3.05) is 26.3 Å². The molecule has 0 bridgehead atoms. The predicted octanol–water partition coefficient (Wildman–Crippen LogP) is 2.84. The number of nitriles is 1. The lowest BCUT2D eigenvalue weighted by Crippen LogP contribution is -2.62. The van der Waals surface area contributed by atoms with Gasteiger partial charge in [-0.1, -0.05) is 11.7 Å². The smallest absolute Gasteiger partial charge is 0.149 e. The molecule has 31 heavy (non-hydrogen) atoms. The molecular formula is C22H23N8P. The number of hydrogen-bond donors (Lipinski definition) is 1. The first-order chi connectivity index (χ1) is 15.1. The molecule has 1 N–H and O–H groups in total. The van der Waals surface area contributed by atoms with Crippen molar-refractivity contribution in [2.45, 2.75) is 18.9 Å². The first-order valence-corrected chi connectivity index (χ1v) is 11.5. The summed E-state index contributed by atoms with van der Waals surface area (Å²) in [6.45, 7) is 6.07. The van der Waals surface area contributed by atoms with Gasteiger partial charge in [0.25, 0.3) is 0 Å². The summed E-state index contributed by atoms with van der Waals surface area (Å²) >= 11 is 0. The van der Waals surface area contributed by atoms with Crippen LogP contribution >= 0.6 is 8.58 Å². The monoisotopic (exact) mass is 430 g/mol. The lowest BCUT2D eigenvalue weighted by atomic mass is 9.87. The van der Waals surface area contributed by atoms with E-state index in [1.165, 1.54) is 6.21 Å². The Kier molecular flexibility index (Phi) is 5.95. The molecule has 1 unspecified atom stereocenters. The zero-order chi connectivity index (χ0) is 21.8. The van der Waals surface area contributed by atoms with Gasteiger partial charge in [0.05, 0.1) is 36.5 Å². The molecule has 3 aromatic rings. The third kappa shape index (κ3) is 3.88. The standard InChI is InChI=1S/C22H23N8P/c1-3-4-8-28-15-22(16-28,5-6-23)30-13-18(12-26-30)21-27-19(17(11-24)14-31-2)10-20-25-7-9-29(20)21/h7,9-14,24,31H,5,8,15-16H2,1-2H3/b17-14+,24-11?. The number of nitrogens with zero attached hydrogens (tertiary/aromatic N) is 7. The van der Waals surface area contributed by atoms with E-state index in [0.717, 1.165) is 29.9 Å². The molecular weight excluding hydrogens is 407 g/mol. The van der Waals surface area contributed by atoms with E-state index in [2.05, 4.69) is 39.6 Å². The Hall–Kier alpha value is -3.32. The summed E-state index contributed by atoms with van der Waals surface area (Å²) in [5.41, 5.74) is 2.74. The van der Waals surface area contributed by atoms with Crippen LogP contribution in [0.5, 0.6) is 0 Å². The van der Waals surface area contributed by atoms with Crippen molar-refractivity contribution in [1.29, 1.82) is 10.7 Å². The number of nitrogens with one attached hydrogen (secondary N) is 1. The van der Waals surface area contributed by atoms with Crippen LogP contribution in [0.4, 0.5) is 0 Å². The highest BCUT2D eigenvalue weighted by Gasteiger charge is 2.45. The van der Waals surface area contributed by atoms with Crippen molar-refractivity contribution in [3.8, 4) is 29.3 Å². The van der Waals surface area contributed by atoms with Crippen LogP contribution in [0.15, 0.2) is 36.7 Å². The van der Waals surface area contributed by atoms with Crippen LogP contribution in [-0.2, 0) is 5.54 Å². The summed E-state index contributed by atoms with van der Waals surface area (Å²) in [4.78, 5) is 11.5. The first-order valence-electron chi connectivity index (χ1n) is 9.91. The minimum absolute atomic E-state index is 0.350. The van der Waals surface area contributed by atoms with E-state index >= 15 is 0 Å². The van der Waals surface area contributed by atoms with Gasteiger partial charge in [-0.25, -0.2) is 9.97 Å². The maximum absolute atomic E-state index is 9.41. The number of rotatable bonds is 7. The second kappa shape index (κ2) is 8.81. The molecule has 9 heteroatoms. The van der Waals surface area contributed by atoms with Crippen LogP contribution in [-0.4, -0.2) is 61.6 Å². The zero-order valence-corrected chi connectivity index (χ0v) is 18.5. The number of imidazole rings is 1. The van der Waals surface area contributed by atoms with Crippen LogP contribution in [0.3, 0.4) is 0 Å². The molecule has 1 atom stereocenters. The second-order valence-electron chi connectivity index (χ2n) is 7.46. The van der Waals surface area contributed by atoms with Crippen LogP contribution in [0.25, 0.3) is 22.6 Å². The van der Waals surface area contributed by atoms with Crippen molar-refractivity contribution in [3.05, 3.63) is 42.4 Å². The van der Waals surface area contributed by atoms with E-state index in [-0.39, 0.29) is 5.54 Å². The zero-order valence-electron chi connectivity index (χ0n) is 17.5. The largest absolute Gasteiger partial charge is 0.308 e. The molecule has 1 fully saturated rings. The quantitative estimate of drug-likeness (QED) is 0.353. The molecule has 4 heterocycles. The number of allylic oxidation sites excluding steroid dienone is 1. The van der Waals surface area contributed by atoms with Gasteiger partial charge in [0.15, 0.2) is 0 Å². The van der Waals surface area contributed by atoms with E-state index in [4.69, 9.17) is 10.4 Å². The lowest BCUT2D eigenvalue weighted by Gasteiger charge is -2.48. The molecule has 4 rings (SSSR count). The van der Waals surface area contributed by atoms with Gasteiger partial charge in [-0.3, -0.25) is 14.0 Å². The number of hydrogen-bond acceptors (Lipinski definition) is 6. The molecule has 0 spiro atoms. The van der Waals surface area contributed by atoms with Crippen molar-refractivity contribution in [1.82, 2.24) is 29.0 Å². The van der Waals surface area contributed by atoms with Crippen LogP contribution < -0.4 is 0 Å². The van der Waals surface area contributed by atoms with Gasteiger partial charge in [0, 0.05) is 49.5 Å². The van der Waals surface area contributed by atoms with E-state index in [9.17, 15) is 5.26 Å². The van der Waals surface area contributed by atoms with Crippen LogP contribution in [0.1, 0.15) is 19.0 Å². The lowest BCUT2D eigenvalue weighted by molar-refractivity contribution is 0.0160. The molecule has 0 saturated carbocycles. The summed E-state index contributed by atoms with van der Waals surface area (Å²) in [6, 6.07) is 4.21. The molecule has 1 aliphatic rings. The van der Waals surface area contributed by atoms with Crippen LogP contribution in [0.2, 0.25) is 0 Å². The van der Waals surface area contributed by atoms with Crippen molar-refractivity contribution in [3.63, 3.8) is 0 Å². The fourth-order valence-corrected chi connectivity index (χ4v) is 4.43. The van der Waals surface area contributed by atoms with Crippen molar-refractivity contribution in [2.24, 2.45) is 0 Å². The highest BCUT2D eigenvalue weighted by atomic mass is 31.1. The molecule has 8 nitrogen and oxygen atoms in total. The second-order valence-corrected chi connectivity index (χ2v) is 8.32. The Morgan fingerprint density at radius 1 is 1.42 bits per heavy atom. The third-order valence-electron chi connectivity index (χ3n) is 5.39. The highest BCUT2D eigenvalue weighted by molar-refractivity contribution is 7.41. The van der Waals surface area contributed by atoms with Crippen LogP contribution in [0, 0.1) is 28.6 Å². The molecule has 0 aromatic carbocycles. The SMILES string of the molecule is CC#CCN1CC(CC#N)(n2cc(-c3nc(/C(C=N)=C/PC)cc4nccn34)cn2)C1. The molecule has 0 aliphatic carbocycles. The summed E-state index contributed by atoms with van der Waals surface area (Å²) in [5, 5.41) is 21.8. The number of aromatic nitrogens is 5. The van der Waals surface area contributed by atoms with Gasteiger partial charge in [0.2, 0.25) is 0 Å². The maximum Gasteiger partial charge on any atom is 0.149 e. The van der Waals surface area contributed by atoms with Gasteiger partial charge < -0.3 is 5.41 Å². The first kappa shape index (κ1) is 20.9. The van der Waals surface area contributed by atoms with Gasteiger partial charge in [0.1, 0.15) is 17.0 Å². The predicted molar refractivity (Wildman–Crippen MR) is 123 cm³/mol. The third-order valence-corrected chi connectivity index (χ3v) is 5.99. The van der Waals surface area contributed by atoms with E-state index in [0.29, 0.717) is 33.1 Å². The fraction of sp³-hybridized carbons (Fsp3) is 0.318. The Morgan fingerprint density at radius 3 is 2.97 bits per heavy atom.